The van der Waals surface area contributed by atoms with Gasteiger partial charge in [-0.3, -0.25) is 0 Å². The fourth-order valence-electron chi connectivity index (χ4n) is 2.47. The third-order valence-corrected chi connectivity index (χ3v) is 3.78. The molecule has 0 amide bonds. The van der Waals surface area contributed by atoms with Crippen LogP contribution in [0.2, 0.25) is 5.02 Å². The molecule has 2 aliphatic heterocycles. The molecule has 2 atom stereocenters. The first-order valence-corrected chi connectivity index (χ1v) is 6.89. The molecule has 1 aromatic carbocycles. The highest BCUT2D eigenvalue weighted by molar-refractivity contribution is 6.32. The second-order valence-electron chi connectivity index (χ2n) is 4.83. The van der Waals surface area contributed by atoms with Crippen molar-refractivity contribution >= 4 is 17.9 Å². The van der Waals surface area contributed by atoms with Crippen LogP contribution in [0.3, 0.4) is 0 Å². The highest BCUT2D eigenvalue weighted by atomic mass is 35.5. The normalized spacial score (nSPS) is 25.1. The van der Waals surface area contributed by atoms with Crippen molar-refractivity contribution < 1.29 is 9.13 Å². The summed E-state index contributed by atoms with van der Waals surface area (Å²) >= 11 is 5.99. The molecule has 1 aromatic rings. The van der Waals surface area contributed by atoms with E-state index in [0.29, 0.717) is 5.75 Å². The van der Waals surface area contributed by atoms with Gasteiger partial charge in [0.15, 0.2) is 0 Å². The van der Waals surface area contributed by atoms with Crippen LogP contribution < -0.4 is 15.4 Å². The quantitative estimate of drug-likeness (QED) is 0.881. The Morgan fingerprint density at radius 3 is 3.10 bits per heavy atom. The molecule has 0 fully saturated rings. The maximum Gasteiger partial charge on any atom is 0.215 e. The van der Waals surface area contributed by atoms with Crippen molar-refractivity contribution in [1.29, 1.82) is 0 Å². The Kier molecular flexibility index (Phi) is 3.63. The van der Waals surface area contributed by atoms with Crippen LogP contribution in [0.1, 0.15) is 13.3 Å². The lowest BCUT2D eigenvalue weighted by molar-refractivity contribution is 0.233. The van der Waals surface area contributed by atoms with E-state index in [1.807, 2.05) is 0 Å². The molecule has 0 saturated carbocycles. The summed E-state index contributed by atoms with van der Waals surface area (Å²) in [6, 6.07) is 4.33. The predicted molar refractivity (Wildman–Crippen MR) is 76.6 cm³/mol. The van der Waals surface area contributed by atoms with E-state index in [1.165, 1.54) is 18.2 Å². The minimum atomic E-state index is -0.404. The van der Waals surface area contributed by atoms with Gasteiger partial charge < -0.3 is 15.4 Å². The van der Waals surface area contributed by atoms with Gasteiger partial charge in [-0.05, 0) is 38.1 Å². The molecular formula is C14H15ClFN3O. The molecule has 3 rings (SSSR count). The zero-order chi connectivity index (χ0) is 14.1. The van der Waals surface area contributed by atoms with Crippen LogP contribution in [0.4, 0.5) is 4.39 Å². The summed E-state index contributed by atoms with van der Waals surface area (Å²) in [6.07, 6.45) is 2.08. The summed E-state index contributed by atoms with van der Waals surface area (Å²) in [5.41, 5.74) is 2.20. The molecule has 0 aliphatic carbocycles. The third kappa shape index (κ3) is 2.51. The Morgan fingerprint density at radius 2 is 2.30 bits per heavy atom. The molecule has 4 nitrogen and oxygen atoms in total. The van der Waals surface area contributed by atoms with E-state index in [-0.39, 0.29) is 16.9 Å². The fraction of sp³-hybridized carbons (Fsp3) is 0.357. The summed E-state index contributed by atoms with van der Waals surface area (Å²) < 4.78 is 18.9. The first-order chi connectivity index (χ1) is 9.65. The van der Waals surface area contributed by atoms with Crippen LogP contribution in [0.15, 0.2) is 34.5 Å². The van der Waals surface area contributed by atoms with Gasteiger partial charge in [0.05, 0.1) is 11.4 Å². The van der Waals surface area contributed by atoms with E-state index in [0.717, 1.165) is 24.2 Å². The molecule has 0 spiro atoms. The Morgan fingerprint density at radius 1 is 1.45 bits per heavy atom. The summed E-state index contributed by atoms with van der Waals surface area (Å²) in [6.45, 7) is 2.97. The average molecular weight is 296 g/mol. The first kappa shape index (κ1) is 13.4. The van der Waals surface area contributed by atoms with Gasteiger partial charge >= 0.3 is 0 Å². The lowest BCUT2D eigenvalue weighted by Crippen LogP contribution is -2.44. The molecule has 2 unspecified atom stereocenters. The molecule has 106 valence electrons. The Labute approximate surface area is 121 Å². The monoisotopic (exact) mass is 295 g/mol. The number of hydrogen-bond donors (Lipinski definition) is 2. The van der Waals surface area contributed by atoms with Crippen LogP contribution in [-0.4, -0.2) is 25.2 Å². The molecule has 2 N–H and O–H groups in total. The van der Waals surface area contributed by atoms with E-state index < -0.39 is 6.23 Å². The van der Waals surface area contributed by atoms with Gasteiger partial charge in [0.2, 0.25) is 6.23 Å². The number of aliphatic imine (C=N–C) groups is 1. The van der Waals surface area contributed by atoms with Crippen molar-refractivity contribution in [3.63, 3.8) is 0 Å². The summed E-state index contributed by atoms with van der Waals surface area (Å²) in [4.78, 5) is 4.31. The van der Waals surface area contributed by atoms with Crippen LogP contribution in [0.5, 0.6) is 5.75 Å². The summed E-state index contributed by atoms with van der Waals surface area (Å²) in [5.74, 6) is 0.0571. The Hall–Kier alpha value is -1.59. The molecule has 0 saturated heterocycles. The second kappa shape index (κ2) is 5.42. The van der Waals surface area contributed by atoms with Crippen molar-refractivity contribution in [3.8, 4) is 5.75 Å². The number of nitrogens with one attached hydrogen (secondary N) is 2. The average Bonchev–Trinajstić information content (AvgIpc) is 2.43. The van der Waals surface area contributed by atoms with Crippen LogP contribution in [0.25, 0.3) is 0 Å². The van der Waals surface area contributed by atoms with Crippen molar-refractivity contribution in [2.45, 2.75) is 25.6 Å². The van der Waals surface area contributed by atoms with Gasteiger partial charge in [-0.2, -0.15) is 0 Å². The Bertz CT molecular complexity index is 588. The van der Waals surface area contributed by atoms with Gasteiger partial charge in [0.1, 0.15) is 11.6 Å². The van der Waals surface area contributed by atoms with Crippen LogP contribution in [-0.2, 0) is 0 Å². The second-order valence-corrected chi connectivity index (χ2v) is 5.24. The number of ether oxygens (including phenoxy) is 1. The van der Waals surface area contributed by atoms with Crippen molar-refractivity contribution in [1.82, 2.24) is 10.6 Å². The zero-order valence-corrected chi connectivity index (χ0v) is 11.7. The van der Waals surface area contributed by atoms with E-state index in [9.17, 15) is 4.39 Å². The van der Waals surface area contributed by atoms with E-state index in [4.69, 9.17) is 16.3 Å². The van der Waals surface area contributed by atoms with Gasteiger partial charge in [-0.1, -0.05) is 11.6 Å². The van der Waals surface area contributed by atoms with Crippen molar-refractivity contribution in [2.75, 3.05) is 6.54 Å². The number of nitrogens with zero attached hydrogens (tertiary/aromatic N) is 1. The van der Waals surface area contributed by atoms with Crippen molar-refractivity contribution in [2.24, 2.45) is 4.99 Å². The number of rotatable bonds is 2. The molecule has 2 aliphatic rings. The zero-order valence-electron chi connectivity index (χ0n) is 11.0. The maximum atomic E-state index is 13.0. The molecule has 0 aromatic heterocycles. The SMILES string of the molecule is CC1NCCC2=C1NC=NC2Oc1ccc(F)cc1Cl. The van der Waals surface area contributed by atoms with Gasteiger partial charge in [0.25, 0.3) is 0 Å². The third-order valence-electron chi connectivity index (χ3n) is 3.48. The van der Waals surface area contributed by atoms with Crippen LogP contribution in [0, 0.1) is 5.82 Å². The minimum absolute atomic E-state index is 0.236. The summed E-state index contributed by atoms with van der Waals surface area (Å²) in [7, 11) is 0. The lowest BCUT2D eigenvalue weighted by Gasteiger charge is -2.32. The van der Waals surface area contributed by atoms with Gasteiger partial charge in [0, 0.05) is 17.3 Å². The molecule has 0 bridgehead atoms. The van der Waals surface area contributed by atoms with Crippen LogP contribution >= 0.6 is 11.6 Å². The van der Waals surface area contributed by atoms with Gasteiger partial charge in [-0.25, -0.2) is 9.38 Å². The largest absolute Gasteiger partial charge is 0.463 e. The first-order valence-electron chi connectivity index (χ1n) is 6.51. The molecule has 20 heavy (non-hydrogen) atoms. The highest BCUT2D eigenvalue weighted by Gasteiger charge is 2.28. The topological polar surface area (TPSA) is 45.7 Å². The molecule has 2 heterocycles. The highest BCUT2D eigenvalue weighted by Crippen LogP contribution is 2.30. The number of benzene rings is 1. The standard InChI is InChI=1S/C14H15ClFN3O/c1-8-13-10(4-5-17-8)14(19-7-18-13)20-12-3-2-9(16)6-11(12)15/h2-3,6-8,14,17H,4-5H2,1H3,(H,18,19). The fourth-order valence-corrected chi connectivity index (χ4v) is 2.68. The number of halogens is 2. The van der Waals surface area contributed by atoms with E-state index >= 15 is 0 Å². The lowest BCUT2D eigenvalue weighted by atomic mass is 9.99. The van der Waals surface area contributed by atoms with E-state index in [2.05, 4.69) is 22.5 Å². The molecule has 6 heteroatoms. The molecule has 0 radical (unpaired) electrons. The summed E-state index contributed by atoms with van der Waals surface area (Å²) in [5, 5.41) is 6.79. The minimum Gasteiger partial charge on any atom is -0.463 e. The predicted octanol–water partition coefficient (Wildman–Crippen LogP) is 2.45. The van der Waals surface area contributed by atoms with Gasteiger partial charge in [-0.15, -0.1) is 0 Å². The van der Waals surface area contributed by atoms with Crippen molar-refractivity contribution in [3.05, 3.63) is 40.3 Å². The molecular weight excluding hydrogens is 281 g/mol. The smallest absolute Gasteiger partial charge is 0.215 e. The number of hydrogen-bond acceptors (Lipinski definition) is 4. The van der Waals surface area contributed by atoms with E-state index in [1.54, 1.807) is 6.34 Å². The maximum absolute atomic E-state index is 13.0. The Balaban J connectivity index is 1.86.